The molecule has 30 heavy (non-hydrogen) atoms. The first-order chi connectivity index (χ1) is 14.2. The molecule has 0 saturated carbocycles. The molecule has 0 amide bonds. The zero-order chi connectivity index (χ0) is 22.4. The fourth-order valence-electron chi connectivity index (χ4n) is 4.01. The molecule has 1 unspecified atom stereocenters. The lowest BCUT2D eigenvalue weighted by molar-refractivity contribution is -0.165. The number of aliphatic carboxylic acids is 1. The maximum atomic E-state index is 13.2. The summed E-state index contributed by atoms with van der Waals surface area (Å²) in [6, 6.07) is 7.90. The van der Waals surface area contributed by atoms with Crippen molar-refractivity contribution in [2.45, 2.75) is 71.3 Å². The minimum Gasteiger partial charge on any atom is -0.497 e. The Balaban J connectivity index is 2.08. The third-order valence-electron chi connectivity index (χ3n) is 6.49. The van der Waals surface area contributed by atoms with Gasteiger partial charge in [0.1, 0.15) is 5.75 Å². The molecule has 0 aliphatic carbocycles. The van der Waals surface area contributed by atoms with Gasteiger partial charge in [0, 0.05) is 5.41 Å². The van der Waals surface area contributed by atoms with Crippen LogP contribution in [0.3, 0.4) is 0 Å². The van der Waals surface area contributed by atoms with E-state index in [4.69, 9.17) is 4.74 Å². The van der Waals surface area contributed by atoms with E-state index in [0.29, 0.717) is 25.9 Å². The molecule has 1 heterocycles. The second-order valence-electron chi connectivity index (χ2n) is 8.81. The van der Waals surface area contributed by atoms with Crippen LogP contribution in [0.15, 0.2) is 24.3 Å². The van der Waals surface area contributed by atoms with Gasteiger partial charge in [-0.25, -0.2) is 4.79 Å². The van der Waals surface area contributed by atoms with E-state index >= 15 is 0 Å². The number of rotatable bonds is 11. The zero-order valence-electron chi connectivity index (χ0n) is 18.7. The number of carboxylic acid groups (broad SMARTS) is 1. The Bertz CT molecular complexity index is 755. The highest BCUT2D eigenvalue weighted by atomic mass is 16.5. The molecule has 6 heteroatoms. The Morgan fingerprint density at radius 3 is 2.37 bits per heavy atom. The van der Waals surface area contributed by atoms with Crippen LogP contribution in [0.1, 0.15) is 64.9 Å². The van der Waals surface area contributed by atoms with Crippen molar-refractivity contribution in [1.82, 2.24) is 4.90 Å². The molecule has 0 radical (unpaired) electrons. The predicted molar refractivity (Wildman–Crippen MR) is 116 cm³/mol. The van der Waals surface area contributed by atoms with Gasteiger partial charge in [-0.15, -0.1) is 0 Å². The number of hydrogen-bond acceptors (Lipinski definition) is 5. The number of benzene rings is 1. The van der Waals surface area contributed by atoms with E-state index in [0.717, 1.165) is 31.4 Å². The maximum absolute atomic E-state index is 13.2. The van der Waals surface area contributed by atoms with Gasteiger partial charge in [-0.05, 0) is 75.7 Å². The minimum atomic E-state index is -1.72. The summed E-state index contributed by atoms with van der Waals surface area (Å²) < 4.78 is 5.17. The average Bonchev–Trinajstić information content (AvgIpc) is 2.76. The molecule has 1 aliphatic rings. The van der Waals surface area contributed by atoms with Crippen LogP contribution in [0.4, 0.5) is 0 Å². The standard InChI is InChI=1S/C24H35NO5/c1-5-23(2,3)20(26)21(27)24(22(28)29)15-7-9-17-25(24)16-8-6-10-18-11-13-19(30-4)14-12-18/h11-14H,5-10,15-17H2,1-4H3,(H,28,29). The third-order valence-corrected chi connectivity index (χ3v) is 6.49. The normalized spacial score (nSPS) is 20.0. The number of likely N-dealkylation sites (tertiary alicyclic amines) is 1. The number of ether oxygens (including phenoxy) is 1. The molecule has 6 nitrogen and oxygen atoms in total. The molecule has 1 aliphatic heterocycles. The summed E-state index contributed by atoms with van der Waals surface area (Å²) in [4.78, 5) is 40.2. The fraction of sp³-hybridized carbons (Fsp3) is 0.625. The van der Waals surface area contributed by atoms with Gasteiger partial charge in [0.15, 0.2) is 5.54 Å². The molecule has 1 N–H and O–H groups in total. The summed E-state index contributed by atoms with van der Waals surface area (Å²) in [6.45, 7) is 6.29. The van der Waals surface area contributed by atoms with E-state index in [1.54, 1.807) is 25.9 Å². The molecule has 166 valence electrons. The number of piperidine rings is 1. The van der Waals surface area contributed by atoms with Crippen molar-refractivity contribution in [3.05, 3.63) is 29.8 Å². The topological polar surface area (TPSA) is 83.9 Å². The molecule has 0 bridgehead atoms. The van der Waals surface area contributed by atoms with Crippen LogP contribution >= 0.6 is 0 Å². The van der Waals surface area contributed by atoms with Crippen molar-refractivity contribution in [2.24, 2.45) is 5.41 Å². The lowest BCUT2D eigenvalue weighted by Gasteiger charge is -2.43. The SMILES string of the molecule is CCC(C)(C)C(=O)C(=O)C1(C(=O)O)CCCCN1CCCCc1ccc(OC)cc1. The van der Waals surface area contributed by atoms with Crippen LogP contribution in [0.5, 0.6) is 5.75 Å². The van der Waals surface area contributed by atoms with Crippen LogP contribution in [0.25, 0.3) is 0 Å². The third kappa shape index (κ3) is 5.09. The summed E-state index contributed by atoms with van der Waals surface area (Å²) in [5.41, 5.74) is -1.38. The monoisotopic (exact) mass is 417 g/mol. The Morgan fingerprint density at radius 1 is 1.13 bits per heavy atom. The highest BCUT2D eigenvalue weighted by Crippen LogP contribution is 2.34. The molecular weight excluding hydrogens is 382 g/mol. The van der Waals surface area contributed by atoms with Crippen molar-refractivity contribution in [2.75, 3.05) is 20.2 Å². The molecular formula is C24H35NO5. The molecule has 1 aromatic rings. The molecule has 1 atom stereocenters. The fourth-order valence-corrected chi connectivity index (χ4v) is 4.01. The Morgan fingerprint density at radius 2 is 1.80 bits per heavy atom. The maximum Gasteiger partial charge on any atom is 0.332 e. The molecule has 1 aromatic carbocycles. The van der Waals surface area contributed by atoms with E-state index < -0.39 is 28.5 Å². The summed E-state index contributed by atoms with van der Waals surface area (Å²) >= 11 is 0. The van der Waals surface area contributed by atoms with Crippen LogP contribution in [-0.4, -0.2) is 53.3 Å². The highest BCUT2D eigenvalue weighted by molar-refractivity contribution is 6.46. The molecule has 0 aromatic heterocycles. The van der Waals surface area contributed by atoms with Crippen molar-refractivity contribution >= 4 is 17.5 Å². The number of unbranched alkanes of at least 4 members (excludes halogenated alkanes) is 1. The van der Waals surface area contributed by atoms with E-state index in [1.165, 1.54) is 5.56 Å². The minimum absolute atomic E-state index is 0.200. The first-order valence-electron chi connectivity index (χ1n) is 10.9. The van der Waals surface area contributed by atoms with E-state index in [1.807, 2.05) is 31.2 Å². The van der Waals surface area contributed by atoms with Gasteiger partial charge in [0.05, 0.1) is 7.11 Å². The van der Waals surface area contributed by atoms with Gasteiger partial charge >= 0.3 is 5.97 Å². The molecule has 1 fully saturated rings. The number of nitrogens with zero attached hydrogens (tertiary/aromatic N) is 1. The van der Waals surface area contributed by atoms with Crippen molar-refractivity contribution in [1.29, 1.82) is 0 Å². The van der Waals surface area contributed by atoms with Gasteiger partial charge in [-0.1, -0.05) is 32.9 Å². The number of hydrogen-bond donors (Lipinski definition) is 1. The molecule has 2 rings (SSSR count). The van der Waals surface area contributed by atoms with Gasteiger partial charge in [-0.2, -0.15) is 0 Å². The summed E-state index contributed by atoms with van der Waals surface area (Å²) in [7, 11) is 1.63. The quantitative estimate of drug-likeness (QED) is 0.334. The molecule has 0 spiro atoms. The van der Waals surface area contributed by atoms with Crippen LogP contribution < -0.4 is 4.74 Å². The van der Waals surface area contributed by atoms with E-state index in [-0.39, 0.29) is 6.42 Å². The van der Waals surface area contributed by atoms with Crippen molar-refractivity contribution < 1.29 is 24.2 Å². The molecule has 1 saturated heterocycles. The van der Waals surface area contributed by atoms with Crippen LogP contribution in [0, 0.1) is 5.41 Å². The van der Waals surface area contributed by atoms with Gasteiger partial charge in [0.25, 0.3) is 0 Å². The number of methoxy groups -OCH3 is 1. The lowest BCUT2D eigenvalue weighted by atomic mass is 9.74. The summed E-state index contributed by atoms with van der Waals surface area (Å²) in [5, 5.41) is 10.1. The largest absolute Gasteiger partial charge is 0.497 e. The predicted octanol–water partition coefficient (Wildman–Crippen LogP) is 3.90. The van der Waals surface area contributed by atoms with E-state index in [2.05, 4.69) is 0 Å². The number of aryl methyl sites for hydroxylation is 1. The van der Waals surface area contributed by atoms with Crippen LogP contribution in [0.2, 0.25) is 0 Å². The Labute approximate surface area is 179 Å². The zero-order valence-corrected chi connectivity index (χ0v) is 18.7. The number of carboxylic acids is 1. The first kappa shape index (κ1) is 24.1. The Hall–Kier alpha value is -2.21. The van der Waals surface area contributed by atoms with Crippen molar-refractivity contribution in [3.63, 3.8) is 0 Å². The van der Waals surface area contributed by atoms with Gasteiger partial charge in [-0.3, -0.25) is 14.5 Å². The van der Waals surface area contributed by atoms with Gasteiger partial charge in [0.2, 0.25) is 11.6 Å². The first-order valence-corrected chi connectivity index (χ1v) is 10.9. The second-order valence-corrected chi connectivity index (χ2v) is 8.81. The Kier molecular flexibility index (Phi) is 8.18. The number of carbonyl (C=O) groups excluding carboxylic acids is 2. The number of ketones is 2. The van der Waals surface area contributed by atoms with Crippen molar-refractivity contribution in [3.8, 4) is 5.75 Å². The second kappa shape index (κ2) is 10.2. The number of carbonyl (C=O) groups is 3. The summed E-state index contributed by atoms with van der Waals surface area (Å²) in [5.74, 6) is -1.70. The van der Waals surface area contributed by atoms with Gasteiger partial charge < -0.3 is 9.84 Å². The lowest BCUT2D eigenvalue weighted by Crippen LogP contribution is -2.65. The number of Topliss-reactive ketones (excluding diaryl/α,β-unsaturated/α-hetero) is 2. The highest BCUT2D eigenvalue weighted by Gasteiger charge is 2.55. The van der Waals surface area contributed by atoms with E-state index in [9.17, 15) is 19.5 Å². The van der Waals surface area contributed by atoms with Crippen LogP contribution in [-0.2, 0) is 20.8 Å². The smallest absolute Gasteiger partial charge is 0.332 e. The average molecular weight is 418 g/mol. The summed E-state index contributed by atoms with van der Waals surface area (Å²) in [6.07, 6.45) is 4.68.